The Morgan fingerprint density at radius 1 is 1.05 bits per heavy atom. The number of hydrogen-bond acceptors (Lipinski definition) is 2. The Morgan fingerprint density at radius 2 is 1.63 bits per heavy atom. The Hall–Kier alpha value is -0.930. The first-order chi connectivity index (χ1) is 8.93. The fourth-order valence-corrected chi connectivity index (χ4v) is 2.48. The molecular formula is C16H26FNO. The lowest BCUT2D eigenvalue weighted by atomic mass is 9.85. The maximum atomic E-state index is 13.5. The Morgan fingerprint density at radius 3 is 2.16 bits per heavy atom. The van der Waals surface area contributed by atoms with E-state index < -0.39 is 6.10 Å². The zero-order valence-electron chi connectivity index (χ0n) is 12.4. The molecule has 108 valence electrons. The normalized spacial score (nSPS) is 13.5. The van der Waals surface area contributed by atoms with E-state index in [9.17, 15) is 9.50 Å². The highest BCUT2D eigenvalue weighted by Crippen LogP contribution is 2.20. The number of nitrogens with one attached hydrogen (secondary N) is 1. The second-order valence-corrected chi connectivity index (χ2v) is 5.85. The molecular weight excluding hydrogens is 241 g/mol. The summed E-state index contributed by atoms with van der Waals surface area (Å²) in [4.78, 5) is 0. The standard InChI is InChI=1S/C16H26FNO/c1-11(2)14(12(3)4)9-18-10-16(19)13-7-5-6-8-15(13)17/h5-8,11-12,14,16,18-19H,9-10H2,1-4H3. The summed E-state index contributed by atoms with van der Waals surface area (Å²) in [5, 5.41) is 13.2. The number of aliphatic hydroxyl groups is 1. The third-order valence-electron chi connectivity index (χ3n) is 3.69. The lowest BCUT2D eigenvalue weighted by Crippen LogP contribution is -2.32. The molecule has 0 aliphatic carbocycles. The van der Waals surface area contributed by atoms with Gasteiger partial charge >= 0.3 is 0 Å². The molecule has 1 unspecified atom stereocenters. The van der Waals surface area contributed by atoms with Gasteiger partial charge in [-0.2, -0.15) is 0 Å². The fourth-order valence-electron chi connectivity index (χ4n) is 2.48. The molecule has 0 saturated heterocycles. The average Bonchev–Trinajstić information content (AvgIpc) is 2.33. The summed E-state index contributed by atoms with van der Waals surface area (Å²) in [5.74, 6) is 1.41. The minimum Gasteiger partial charge on any atom is -0.387 e. The van der Waals surface area contributed by atoms with Gasteiger partial charge < -0.3 is 10.4 Å². The molecule has 0 aromatic heterocycles. The first kappa shape index (κ1) is 16.1. The maximum absolute atomic E-state index is 13.5. The Labute approximate surface area is 116 Å². The Bertz CT molecular complexity index is 371. The van der Waals surface area contributed by atoms with E-state index in [0.717, 1.165) is 6.54 Å². The van der Waals surface area contributed by atoms with Gasteiger partial charge in [-0.15, -0.1) is 0 Å². The van der Waals surface area contributed by atoms with Crippen molar-refractivity contribution in [2.24, 2.45) is 17.8 Å². The van der Waals surface area contributed by atoms with Crippen LogP contribution in [0.25, 0.3) is 0 Å². The summed E-state index contributed by atoms with van der Waals surface area (Å²) < 4.78 is 13.5. The van der Waals surface area contributed by atoms with Gasteiger partial charge in [0.15, 0.2) is 0 Å². The molecule has 0 bridgehead atoms. The van der Waals surface area contributed by atoms with Gasteiger partial charge in [-0.25, -0.2) is 4.39 Å². The summed E-state index contributed by atoms with van der Waals surface area (Å²) >= 11 is 0. The molecule has 1 aromatic rings. The van der Waals surface area contributed by atoms with Crippen molar-refractivity contribution in [1.82, 2.24) is 5.32 Å². The van der Waals surface area contributed by atoms with Crippen molar-refractivity contribution < 1.29 is 9.50 Å². The quantitative estimate of drug-likeness (QED) is 0.794. The lowest BCUT2D eigenvalue weighted by Gasteiger charge is -2.25. The van der Waals surface area contributed by atoms with E-state index in [1.54, 1.807) is 18.2 Å². The predicted octanol–water partition coefficient (Wildman–Crippen LogP) is 3.38. The molecule has 0 fully saturated rings. The third-order valence-corrected chi connectivity index (χ3v) is 3.69. The van der Waals surface area contributed by atoms with E-state index in [4.69, 9.17) is 0 Å². The van der Waals surface area contributed by atoms with Crippen LogP contribution in [-0.4, -0.2) is 18.2 Å². The largest absolute Gasteiger partial charge is 0.387 e. The second kappa shape index (κ2) is 7.61. The van der Waals surface area contributed by atoms with Crippen LogP contribution in [0.5, 0.6) is 0 Å². The van der Waals surface area contributed by atoms with Gasteiger partial charge in [0.05, 0.1) is 6.10 Å². The molecule has 1 atom stereocenters. The van der Waals surface area contributed by atoms with Gasteiger partial charge in [0.25, 0.3) is 0 Å². The van der Waals surface area contributed by atoms with Gasteiger partial charge in [-0.3, -0.25) is 0 Å². The predicted molar refractivity (Wildman–Crippen MR) is 77.4 cm³/mol. The molecule has 1 rings (SSSR count). The summed E-state index contributed by atoms with van der Waals surface area (Å²) in [7, 11) is 0. The summed E-state index contributed by atoms with van der Waals surface area (Å²) in [6.45, 7) is 10.1. The Balaban J connectivity index is 2.47. The van der Waals surface area contributed by atoms with Crippen molar-refractivity contribution in [2.45, 2.75) is 33.8 Å². The lowest BCUT2D eigenvalue weighted by molar-refractivity contribution is 0.162. The minimum absolute atomic E-state index is 0.346. The van der Waals surface area contributed by atoms with E-state index in [1.165, 1.54) is 6.07 Å². The molecule has 3 heteroatoms. The molecule has 0 saturated carbocycles. The molecule has 1 aromatic carbocycles. The molecule has 0 amide bonds. The van der Waals surface area contributed by atoms with E-state index in [-0.39, 0.29) is 5.82 Å². The SMILES string of the molecule is CC(C)C(CNCC(O)c1ccccc1F)C(C)C. The highest BCUT2D eigenvalue weighted by molar-refractivity contribution is 5.19. The Kier molecular flexibility index (Phi) is 6.46. The topological polar surface area (TPSA) is 32.3 Å². The monoisotopic (exact) mass is 267 g/mol. The molecule has 2 N–H and O–H groups in total. The van der Waals surface area contributed by atoms with Crippen LogP contribution in [0.15, 0.2) is 24.3 Å². The van der Waals surface area contributed by atoms with Crippen LogP contribution in [0, 0.1) is 23.6 Å². The van der Waals surface area contributed by atoms with E-state index in [1.807, 2.05) is 0 Å². The molecule has 0 aliphatic heterocycles. The van der Waals surface area contributed by atoms with Gasteiger partial charge in [0.1, 0.15) is 5.82 Å². The molecule has 0 radical (unpaired) electrons. The van der Waals surface area contributed by atoms with Crippen LogP contribution in [-0.2, 0) is 0 Å². The van der Waals surface area contributed by atoms with Crippen molar-refractivity contribution in [3.8, 4) is 0 Å². The first-order valence-corrected chi connectivity index (χ1v) is 7.06. The van der Waals surface area contributed by atoms with E-state index in [2.05, 4.69) is 33.0 Å². The van der Waals surface area contributed by atoms with Crippen LogP contribution in [0.3, 0.4) is 0 Å². The number of rotatable bonds is 7. The highest BCUT2D eigenvalue weighted by Gasteiger charge is 2.18. The van der Waals surface area contributed by atoms with Crippen LogP contribution in [0.1, 0.15) is 39.4 Å². The van der Waals surface area contributed by atoms with Gasteiger partial charge in [-0.1, -0.05) is 45.9 Å². The molecule has 0 heterocycles. The van der Waals surface area contributed by atoms with Gasteiger partial charge in [-0.05, 0) is 30.4 Å². The molecule has 0 aliphatic rings. The highest BCUT2D eigenvalue weighted by atomic mass is 19.1. The van der Waals surface area contributed by atoms with Crippen LogP contribution in [0.2, 0.25) is 0 Å². The average molecular weight is 267 g/mol. The van der Waals surface area contributed by atoms with Crippen LogP contribution in [0.4, 0.5) is 4.39 Å². The zero-order chi connectivity index (χ0) is 14.4. The number of halogens is 1. The van der Waals surface area contributed by atoms with Crippen molar-refractivity contribution in [3.05, 3.63) is 35.6 Å². The van der Waals surface area contributed by atoms with Crippen LogP contribution >= 0.6 is 0 Å². The summed E-state index contributed by atoms with van der Waals surface area (Å²) in [5.41, 5.74) is 0.362. The molecule has 19 heavy (non-hydrogen) atoms. The minimum atomic E-state index is -0.791. The van der Waals surface area contributed by atoms with E-state index in [0.29, 0.717) is 29.9 Å². The third kappa shape index (κ3) is 4.92. The van der Waals surface area contributed by atoms with Gasteiger partial charge in [0.2, 0.25) is 0 Å². The smallest absolute Gasteiger partial charge is 0.129 e. The second-order valence-electron chi connectivity index (χ2n) is 5.85. The fraction of sp³-hybridized carbons (Fsp3) is 0.625. The molecule has 0 spiro atoms. The van der Waals surface area contributed by atoms with Crippen molar-refractivity contribution >= 4 is 0 Å². The summed E-state index contributed by atoms with van der Waals surface area (Å²) in [6.07, 6.45) is -0.791. The van der Waals surface area contributed by atoms with Crippen molar-refractivity contribution in [3.63, 3.8) is 0 Å². The zero-order valence-corrected chi connectivity index (χ0v) is 12.4. The van der Waals surface area contributed by atoms with Crippen LogP contribution < -0.4 is 5.32 Å². The van der Waals surface area contributed by atoms with Gasteiger partial charge in [0, 0.05) is 12.1 Å². The number of hydrogen-bond donors (Lipinski definition) is 2. The molecule has 2 nitrogen and oxygen atoms in total. The summed E-state index contributed by atoms with van der Waals surface area (Å²) in [6, 6.07) is 6.38. The maximum Gasteiger partial charge on any atom is 0.129 e. The number of aliphatic hydroxyl groups excluding tert-OH is 1. The van der Waals surface area contributed by atoms with Crippen molar-refractivity contribution in [2.75, 3.05) is 13.1 Å². The van der Waals surface area contributed by atoms with E-state index >= 15 is 0 Å². The number of benzene rings is 1. The van der Waals surface area contributed by atoms with Crippen molar-refractivity contribution in [1.29, 1.82) is 0 Å². The first-order valence-electron chi connectivity index (χ1n) is 7.06.